The Morgan fingerprint density at radius 3 is 2.65 bits per heavy atom. The summed E-state index contributed by atoms with van der Waals surface area (Å²) in [6.45, 7) is 0.352. The maximum atomic E-state index is 12.4. The van der Waals surface area contributed by atoms with Gasteiger partial charge in [-0.2, -0.15) is 0 Å². The molecule has 0 saturated carbocycles. The molecule has 0 unspecified atom stereocenters. The molecular formula is C15H17Cl2NO5. The van der Waals surface area contributed by atoms with E-state index in [0.29, 0.717) is 36.1 Å². The molecule has 126 valence electrons. The van der Waals surface area contributed by atoms with Crippen LogP contribution in [0.3, 0.4) is 0 Å². The first-order valence-corrected chi connectivity index (χ1v) is 7.90. The fourth-order valence-electron chi connectivity index (χ4n) is 2.37. The van der Waals surface area contributed by atoms with Crippen molar-refractivity contribution in [1.29, 1.82) is 0 Å². The first-order chi connectivity index (χ1) is 11.0. The standard InChI is InChI=1S/C15H17Cl2NO5/c16-10-1-2-12(17)13(7-10)23-9-14(19)18(8-15(20)21)11-3-5-22-6-4-11/h1-2,7,11H,3-6,8-9H2,(H,20,21). The molecule has 23 heavy (non-hydrogen) atoms. The minimum Gasteiger partial charge on any atom is -0.482 e. The van der Waals surface area contributed by atoms with Crippen LogP contribution < -0.4 is 4.74 Å². The third kappa shape index (κ3) is 5.27. The van der Waals surface area contributed by atoms with Gasteiger partial charge in [0.2, 0.25) is 0 Å². The smallest absolute Gasteiger partial charge is 0.323 e. The van der Waals surface area contributed by atoms with Gasteiger partial charge in [-0.15, -0.1) is 0 Å². The maximum absolute atomic E-state index is 12.4. The Hall–Kier alpha value is -1.50. The van der Waals surface area contributed by atoms with Crippen molar-refractivity contribution in [3.05, 3.63) is 28.2 Å². The number of nitrogens with zero attached hydrogens (tertiary/aromatic N) is 1. The highest BCUT2D eigenvalue weighted by atomic mass is 35.5. The van der Waals surface area contributed by atoms with Crippen molar-refractivity contribution in [3.63, 3.8) is 0 Å². The van der Waals surface area contributed by atoms with Crippen molar-refractivity contribution in [3.8, 4) is 5.75 Å². The second-order valence-electron chi connectivity index (χ2n) is 5.12. The fraction of sp³-hybridized carbons (Fsp3) is 0.467. The summed E-state index contributed by atoms with van der Waals surface area (Å²) in [5.74, 6) is -1.18. The summed E-state index contributed by atoms with van der Waals surface area (Å²) >= 11 is 11.8. The van der Waals surface area contributed by atoms with Gasteiger partial charge in [-0.1, -0.05) is 23.2 Å². The highest BCUT2D eigenvalue weighted by molar-refractivity contribution is 6.34. The first kappa shape index (κ1) is 17.8. The number of carbonyl (C=O) groups excluding carboxylic acids is 1. The fourth-order valence-corrected chi connectivity index (χ4v) is 2.71. The lowest BCUT2D eigenvalue weighted by molar-refractivity contribution is -0.148. The van der Waals surface area contributed by atoms with Crippen molar-refractivity contribution in [2.75, 3.05) is 26.4 Å². The number of hydrogen-bond acceptors (Lipinski definition) is 4. The largest absolute Gasteiger partial charge is 0.482 e. The third-order valence-corrected chi connectivity index (χ3v) is 4.05. The van der Waals surface area contributed by atoms with E-state index in [9.17, 15) is 9.59 Å². The number of amides is 1. The molecule has 1 N–H and O–H groups in total. The lowest BCUT2D eigenvalue weighted by Crippen LogP contribution is -2.47. The van der Waals surface area contributed by atoms with Gasteiger partial charge in [0.25, 0.3) is 5.91 Å². The minimum atomic E-state index is -1.06. The molecule has 6 nitrogen and oxygen atoms in total. The van der Waals surface area contributed by atoms with E-state index in [1.807, 2.05) is 0 Å². The molecule has 1 amide bonds. The molecular weight excluding hydrogens is 345 g/mol. The van der Waals surface area contributed by atoms with Crippen molar-refractivity contribution in [2.24, 2.45) is 0 Å². The van der Waals surface area contributed by atoms with Gasteiger partial charge in [0.15, 0.2) is 6.61 Å². The number of hydrogen-bond donors (Lipinski definition) is 1. The zero-order valence-corrected chi connectivity index (χ0v) is 13.8. The molecule has 2 rings (SSSR count). The Balaban J connectivity index is 2.01. The Bertz CT molecular complexity index is 575. The third-order valence-electron chi connectivity index (χ3n) is 3.50. The Labute approximate surface area is 143 Å². The molecule has 1 aliphatic rings. The van der Waals surface area contributed by atoms with E-state index in [-0.39, 0.29) is 24.9 Å². The summed E-state index contributed by atoms with van der Waals surface area (Å²) in [5.41, 5.74) is 0. The summed E-state index contributed by atoms with van der Waals surface area (Å²) in [5, 5.41) is 9.79. The van der Waals surface area contributed by atoms with E-state index in [1.165, 1.54) is 11.0 Å². The van der Waals surface area contributed by atoms with Crippen LogP contribution in [-0.2, 0) is 14.3 Å². The number of rotatable bonds is 6. The highest BCUT2D eigenvalue weighted by Crippen LogP contribution is 2.27. The van der Waals surface area contributed by atoms with Crippen LogP contribution in [-0.4, -0.2) is 54.3 Å². The second kappa shape index (κ2) is 8.38. The van der Waals surface area contributed by atoms with Crippen molar-refractivity contribution < 1.29 is 24.2 Å². The molecule has 0 spiro atoms. The number of carboxylic acids is 1. The number of benzene rings is 1. The van der Waals surface area contributed by atoms with Gasteiger partial charge in [0.1, 0.15) is 12.3 Å². The van der Waals surface area contributed by atoms with Crippen LogP contribution in [0.1, 0.15) is 12.8 Å². The Kier molecular flexibility index (Phi) is 6.50. The van der Waals surface area contributed by atoms with Crippen molar-refractivity contribution in [2.45, 2.75) is 18.9 Å². The topological polar surface area (TPSA) is 76.1 Å². The zero-order chi connectivity index (χ0) is 16.8. The van der Waals surface area contributed by atoms with Gasteiger partial charge in [-0.25, -0.2) is 0 Å². The molecule has 0 aliphatic carbocycles. The normalized spacial score (nSPS) is 15.2. The molecule has 1 aromatic carbocycles. The number of halogens is 2. The van der Waals surface area contributed by atoms with E-state index in [2.05, 4.69) is 0 Å². The van der Waals surface area contributed by atoms with Crippen LogP contribution in [0.15, 0.2) is 18.2 Å². The molecule has 0 radical (unpaired) electrons. The molecule has 8 heteroatoms. The molecule has 0 atom stereocenters. The number of carboxylic acid groups (broad SMARTS) is 1. The zero-order valence-electron chi connectivity index (χ0n) is 12.3. The number of carbonyl (C=O) groups is 2. The average Bonchev–Trinajstić information content (AvgIpc) is 2.54. The highest BCUT2D eigenvalue weighted by Gasteiger charge is 2.27. The minimum absolute atomic E-state index is 0.161. The SMILES string of the molecule is O=C(O)CN(C(=O)COc1cc(Cl)ccc1Cl)C1CCOCC1. The van der Waals surface area contributed by atoms with Gasteiger partial charge >= 0.3 is 5.97 Å². The molecule has 1 aliphatic heterocycles. The van der Waals surface area contributed by atoms with Crippen LogP contribution in [0.2, 0.25) is 10.0 Å². The van der Waals surface area contributed by atoms with E-state index in [1.54, 1.807) is 12.1 Å². The molecule has 1 saturated heterocycles. The van der Waals surface area contributed by atoms with E-state index >= 15 is 0 Å². The van der Waals surface area contributed by atoms with Crippen molar-refractivity contribution >= 4 is 35.1 Å². The summed E-state index contributed by atoms with van der Waals surface area (Å²) in [6.07, 6.45) is 1.22. The average molecular weight is 362 g/mol. The van der Waals surface area contributed by atoms with Crippen molar-refractivity contribution in [1.82, 2.24) is 4.90 Å². The monoisotopic (exact) mass is 361 g/mol. The predicted molar refractivity (Wildman–Crippen MR) is 85.1 cm³/mol. The van der Waals surface area contributed by atoms with Crippen LogP contribution in [0, 0.1) is 0 Å². The lowest BCUT2D eigenvalue weighted by atomic mass is 10.1. The van der Waals surface area contributed by atoms with Gasteiger partial charge in [-0.05, 0) is 25.0 Å². The summed E-state index contributed by atoms with van der Waals surface area (Å²) in [7, 11) is 0. The van der Waals surface area contributed by atoms with Crippen LogP contribution >= 0.6 is 23.2 Å². The quantitative estimate of drug-likeness (QED) is 0.841. The van der Waals surface area contributed by atoms with E-state index in [4.69, 9.17) is 37.8 Å². The predicted octanol–water partition coefficient (Wildman–Crippen LogP) is 2.46. The Morgan fingerprint density at radius 1 is 1.30 bits per heavy atom. The Morgan fingerprint density at radius 2 is 2.00 bits per heavy atom. The van der Waals surface area contributed by atoms with Gasteiger partial charge in [0, 0.05) is 30.3 Å². The molecule has 1 aromatic rings. The van der Waals surface area contributed by atoms with Crippen LogP contribution in [0.4, 0.5) is 0 Å². The summed E-state index contributed by atoms with van der Waals surface area (Å²) in [4.78, 5) is 24.7. The first-order valence-electron chi connectivity index (χ1n) is 7.14. The van der Waals surface area contributed by atoms with E-state index < -0.39 is 11.9 Å². The van der Waals surface area contributed by atoms with Gasteiger partial charge in [0.05, 0.1) is 5.02 Å². The maximum Gasteiger partial charge on any atom is 0.323 e. The van der Waals surface area contributed by atoms with Gasteiger partial charge in [-0.3, -0.25) is 9.59 Å². The summed E-state index contributed by atoms with van der Waals surface area (Å²) in [6, 6.07) is 4.52. The molecule has 0 bridgehead atoms. The second-order valence-corrected chi connectivity index (χ2v) is 5.97. The van der Waals surface area contributed by atoms with Crippen LogP contribution in [0.5, 0.6) is 5.75 Å². The molecule has 1 heterocycles. The lowest BCUT2D eigenvalue weighted by Gasteiger charge is -2.33. The van der Waals surface area contributed by atoms with Gasteiger partial charge < -0.3 is 19.5 Å². The molecule has 1 fully saturated rings. The van der Waals surface area contributed by atoms with E-state index in [0.717, 1.165) is 0 Å². The number of ether oxygens (including phenoxy) is 2. The van der Waals surface area contributed by atoms with Crippen LogP contribution in [0.25, 0.3) is 0 Å². The number of aliphatic carboxylic acids is 1. The molecule has 0 aromatic heterocycles. The summed E-state index contributed by atoms with van der Waals surface area (Å²) < 4.78 is 10.6.